The molecule has 5 heteroatoms. The summed E-state index contributed by atoms with van der Waals surface area (Å²) in [6.07, 6.45) is 2.51. The molecule has 1 aliphatic rings. The fourth-order valence-corrected chi connectivity index (χ4v) is 2.90. The third-order valence-electron chi connectivity index (χ3n) is 4.47. The Bertz CT molecular complexity index is 518. The maximum Gasteiger partial charge on any atom is 0.240 e. The summed E-state index contributed by atoms with van der Waals surface area (Å²) in [7, 11) is 0. The van der Waals surface area contributed by atoms with Gasteiger partial charge in [-0.1, -0.05) is 13.0 Å². The minimum atomic E-state index is -0.623. The topological polar surface area (TPSA) is 86.8 Å². The van der Waals surface area contributed by atoms with Crippen LogP contribution in [0.5, 0.6) is 11.5 Å². The van der Waals surface area contributed by atoms with Gasteiger partial charge in [-0.3, -0.25) is 4.79 Å². The summed E-state index contributed by atoms with van der Waals surface area (Å²) in [5, 5.41) is 18.8. The molecule has 1 aromatic rings. The number of phenolic OH excluding ortho intramolecular Hbond substituents is 2. The zero-order valence-corrected chi connectivity index (χ0v) is 12.6. The monoisotopic (exact) mass is 292 g/mol. The summed E-state index contributed by atoms with van der Waals surface area (Å²) in [5.74, 6) is 0.0958. The molecule has 1 heterocycles. The summed E-state index contributed by atoms with van der Waals surface area (Å²) in [6, 6.07) is 4.12. The van der Waals surface area contributed by atoms with E-state index in [9.17, 15) is 15.0 Å². The van der Waals surface area contributed by atoms with E-state index < -0.39 is 6.04 Å². The van der Waals surface area contributed by atoms with Crippen molar-refractivity contribution in [3.05, 3.63) is 23.8 Å². The Morgan fingerprint density at radius 1 is 1.38 bits per heavy atom. The van der Waals surface area contributed by atoms with Crippen molar-refractivity contribution in [1.29, 1.82) is 0 Å². The average Bonchev–Trinajstić information content (AvgIpc) is 2.45. The molecular weight excluding hydrogens is 268 g/mol. The summed E-state index contributed by atoms with van der Waals surface area (Å²) in [6.45, 7) is 4.99. The molecule has 1 fully saturated rings. The highest BCUT2D eigenvalue weighted by Crippen LogP contribution is 2.26. The van der Waals surface area contributed by atoms with E-state index in [2.05, 4.69) is 13.8 Å². The van der Waals surface area contributed by atoms with Crippen LogP contribution in [0.3, 0.4) is 0 Å². The Morgan fingerprint density at radius 2 is 2.10 bits per heavy atom. The third-order valence-corrected chi connectivity index (χ3v) is 4.47. The van der Waals surface area contributed by atoms with Gasteiger partial charge in [-0.05, 0) is 49.8 Å². The molecule has 1 amide bonds. The highest BCUT2D eigenvalue weighted by atomic mass is 16.3. The number of rotatable bonds is 3. The van der Waals surface area contributed by atoms with Crippen LogP contribution in [0, 0.1) is 5.92 Å². The molecule has 4 N–H and O–H groups in total. The number of carbonyl (C=O) groups excluding carboxylic acids is 1. The van der Waals surface area contributed by atoms with Crippen LogP contribution in [-0.4, -0.2) is 39.6 Å². The van der Waals surface area contributed by atoms with Crippen molar-refractivity contribution in [2.75, 3.05) is 6.54 Å². The van der Waals surface area contributed by atoms with Crippen LogP contribution in [0.2, 0.25) is 0 Å². The standard InChI is InChI=1S/C16H24N2O3/c1-10-4-3-7-18(11(10)2)16(21)13(17)8-12-5-6-14(19)15(20)9-12/h5-6,9-11,13,19-20H,3-4,7-8,17H2,1-2H3/t10?,11?,13-/m0/s1. The Hall–Kier alpha value is -1.75. The number of aromatic hydroxyl groups is 2. The van der Waals surface area contributed by atoms with Crippen LogP contribution in [0.25, 0.3) is 0 Å². The van der Waals surface area contributed by atoms with Gasteiger partial charge in [0.1, 0.15) is 0 Å². The first kappa shape index (κ1) is 15.6. The average molecular weight is 292 g/mol. The third kappa shape index (κ3) is 3.47. The first-order chi connectivity index (χ1) is 9.90. The lowest BCUT2D eigenvalue weighted by molar-refractivity contribution is -0.137. The normalized spacial score (nSPS) is 23.9. The smallest absolute Gasteiger partial charge is 0.240 e. The predicted molar refractivity (Wildman–Crippen MR) is 81.0 cm³/mol. The van der Waals surface area contributed by atoms with Crippen molar-refractivity contribution in [2.24, 2.45) is 11.7 Å². The Kier molecular flexibility index (Phi) is 4.73. The molecule has 0 saturated carbocycles. The molecule has 1 aliphatic heterocycles. The van der Waals surface area contributed by atoms with Crippen molar-refractivity contribution >= 4 is 5.91 Å². The van der Waals surface area contributed by atoms with E-state index in [0.717, 1.165) is 24.9 Å². The number of amides is 1. The van der Waals surface area contributed by atoms with Crippen molar-refractivity contribution in [2.45, 2.75) is 45.2 Å². The van der Waals surface area contributed by atoms with Crippen LogP contribution < -0.4 is 5.73 Å². The van der Waals surface area contributed by atoms with Gasteiger partial charge < -0.3 is 20.8 Å². The molecular formula is C16H24N2O3. The van der Waals surface area contributed by atoms with Crippen LogP contribution >= 0.6 is 0 Å². The van der Waals surface area contributed by atoms with E-state index in [1.54, 1.807) is 6.07 Å². The van der Waals surface area contributed by atoms with Gasteiger partial charge in [-0.25, -0.2) is 0 Å². The van der Waals surface area contributed by atoms with Gasteiger partial charge in [-0.15, -0.1) is 0 Å². The van der Waals surface area contributed by atoms with Crippen LogP contribution in [0.15, 0.2) is 18.2 Å². The molecule has 21 heavy (non-hydrogen) atoms. The zero-order chi connectivity index (χ0) is 15.6. The van der Waals surface area contributed by atoms with Gasteiger partial charge in [0.2, 0.25) is 5.91 Å². The van der Waals surface area contributed by atoms with Gasteiger partial charge in [0.25, 0.3) is 0 Å². The first-order valence-electron chi connectivity index (χ1n) is 7.47. The first-order valence-corrected chi connectivity index (χ1v) is 7.47. The summed E-state index contributed by atoms with van der Waals surface area (Å²) in [5.41, 5.74) is 6.78. The summed E-state index contributed by atoms with van der Waals surface area (Å²) in [4.78, 5) is 14.4. The lowest BCUT2D eigenvalue weighted by Crippen LogP contribution is -2.52. The summed E-state index contributed by atoms with van der Waals surface area (Å²) >= 11 is 0. The number of hydrogen-bond acceptors (Lipinski definition) is 4. The van der Waals surface area contributed by atoms with Gasteiger partial charge in [0.05, 0.1) is 6.04 Å². The second-order valence-corrected chi connectivity index (χ2v) is 6.03. The molecule has 3 atom stereocenters. The molecule has 0 bridgehead atoms. The van der Waals surface area contributed by atoms with Crippen molar-refractivity contribution in [3.8, 4) is 11.5 Å². The molecule has 1 saturated heterocycles. The molecule has 0 spiro atoms. The van der Waals surface area contributed by atoms with Crippen LogP contribution in [-0.2, 0) is 11.2 Å². The molecule has 0 radical (unpaired) electrons. The second-order valence-electron chi connectivity index (χ2n) is 6.03. The lowest BCUT2D eigenvalue weighted by atomic mass is 9.91. The number of likely N-dealkylation sites (tertiary alicyclic amines) is 1. The van der Waals surface area contributed by atoms with Crippen LogP contribution in [0.1, 0.15) is 32.3 Å². The Labute approximate surface area is 125 Å². The summed E-state index contributed by atoms with van der Waals surface area (Å²) < 4.78 is 0. The maximum absolute atomic E-state index is 12.5. The number of hydrogen-bond donors (Lipinski definition) is 3. The second kappa shape index (κ2) is 6.35. The number of benzene rings is 1. The van der Waals surface area contributed by atoms with E-state index in [1.165, 1.54) is 12.1 Å². The molecule has 5 nitrogen and oxygen atoms in total. The van der Waals surface area contributed by atoms with E-state index >= 15 is 0 Å². The molecule has 0 aromatic heterocycles. The number of phenols is 2. The van der Waals surface area contributed by atoms with Gasteiger partial charge in [0.15, 0.2) is 11.5 Å². The Morgan fingerprint density at radius 3 is 2.76 bits per heavy atom. The fourth-order valence-electron chi connectivity index (χ4n) is 2.90. The number of nitrogens with two attached hydrogens (primary N) is 1. The minimum absolute atomic E-state index is 0.0402. The van der Waals surface area contributed by atoms with Gasteiger partial charge >= 0.3 is 0 Å². The number of carbonyl (C=O) groups is 1. The molecule has 2 unspecified atom stereocenters. The maximum atomic E-state index is 12.5. The minimum Gasteiger partial charge on any atom is -0.504 e. The van der Waals surface area contributed by atoms with Gasteiger partial charge in [-0.2, -0.15) is 0 Å². The largest absolute Gasteiger partial charge is 0.504 e. The number of nitrogens with zero attached hydrogens (tertiary/aromatic N) is 1. The highest BCUT2D eigenvalue weighted by molar-refractivity contribution is 5.82. The zero-order valence-electron chi connectivity index (χ0n) is 12.6. The molecule has 2 rings (SSSR count). The van der Waals surface area contributed by atoms with Crippen molar-refractivity contribution in [3.63, 3.8) is 0 Å². The predicted octanol–water partition coefficient (Wildman–Crippen LogP) is 1.61. The quantitative estimate of drug-likeness (QED) is 0.739. The van der Waals surface area contributed by atoms with E-state index in [0.29, 0.717) is 12.3 Å². The van der Waals surface area contributed by atoms with E-state index in [-0.39, 0.29) is 23.4 Å². The van der Waals surface area contributed by atoms with Crippen molar-refractivity contribution in [1.82, 2.24) is 4.90 Å². The molecule has 116 valence electrons. The SMILES string of the molecule is CC1CCCN(C(=O)[C@@H](N)Cc2ccc(O)c(O)c2)C1C. The highest BCUT2D eigenvalue weighted by Gasteiger charge is 2.31. The fraction of sp³-hybridized carbons (Fsp3) is 0.562. The number of piperidine rings is 1. The molecule has 0 aliphatic carbocycles. The van der Waals surface area contributed by atoms with E-state index in [4.69, 9.17) is 5.73 Å². The Balaban J connectivity index is 2.03. The van der Waals surface area contributed by atoms with E-state index in [1.807, 2.05) is 4.90 Å². The molecule has 1 aromatic carbocycles. The van der Waals surface area contributed by atoms with Crippen molar-refractivity contribution < 1.29 is 15.0 Å². The lowest BCUT2D eigenvalue weighted by Gasteiger charge is -2.39. The van der Waals surface area contributed by atoms with Gasteiger partial charge in [0, 0.05) is 12.6 Å². The van der Waals surface area contributed by atoms with Crippen LogP contribution in [0.4, 0.5) is 0 Å².